The molecule has 1 saturated heterocycles. The number of hydrogen-bond donors (Lipinski definition) is 0. The molecule has 96 valence electrons. The quantitative estimate of drug-likeness (QED) is 0.814. The first-order chi connectivity index (χ1) is 8.85. The van der Waals surface area contributed by atoms with Crippen molar-refractivity contribution < 1.29 is 0 Å². The molecule has 2 rings (SSSR count). The maximum atomic E-state index is 9.13. The SMILES string of the molecule is CCCN1CCCN(c2ncccc2C#N)CC1. The van der Waals surface area contributed by atoms with E-state index in [9.17, 15) is 0 Å². The molecule has 4 heteroatoms. The molecular formula is C14H20N4. The first-order valence-corrected chi connectivity index (χ1v) is 6.67. The van der Waals surface area contributed by atoms with Crippen molar-refractivity contribution in [1.29, 1.82) is 5.26 Å². The molecule has 0 aromatic carbocycles. The predicted molar refractivity (Wildman–Crippen MR) is 72.5 cm³/mol. The first kappa shape index (κ1) is 12.8. The van der Waals surface area contributed by atoms with Crippen molar-refractivity contribution in [2.75, 3.05) is 37.6 Å². The van der Waals surface area contributed by atoms with Crippen LogP contribution in [0.5, 0.6) is 0 Å². The van der Waals surface area contributed by atoms with Gasteiger partial charge in [0, 0.05) is 25.8 Å². The largest absolute Gasteiger partial charge is 0.354 e. The van der Waals surface area contributed by atoms with E-state index in [1.807, 2.05) is 12.1 Å². The molecule has 0 saturated carbocycles. The Morgan fingerprint density at radius 3 is 3.00 bits per heavy atom. The minimum Gasteiger partial charge on any atom is -0.354 e. The molecule has 0 N–H and O–H groups in total. The monoisotopic (exact) mass is 244 g/mol. The fraction of sp³-hybridized carbons (Fsp3) is 0.571. The molecule has 0 amide bonds. The van der Waals surface area contributed by atoms with E-state index >= 15 is 0 Å². The van der Waals surface area contributed by atoms with Gasteiger partial charge in [-0.3, -0.25) is 0 Å². The molecule has 1 aliphatic heterocycles. The van der Waals surface area contributed by atoms with E-state index in [2.05, 4.69) is 27.8 Å². The Morgan fingerprint density at radius 1 is 1.33 bits per heavy atom. The van der Waals surface area contributed by atoms with Crippen LogP contribution in [-0.2, 0) is 0 Å². The van der Waals surface area contributed by atoms with Crippen molar-refractivity contribution in [3.63, 3.8) is 0 Å². The predicted octanol–water partition coefficient (Wildman–Crippen LogP) is 1.88. The fourth-order valence-corrected chi connectivity index (χ4v) is 2.46. The molecule has 1 aromatic heterocycles. The number of aromatic nitrogens is 1. The minimum atomic E-state index is 0.682. The van der Waals surface area contributed by atoms with Crippen LogP contribution < -0.4 is 4.90 Å². The molecule has 0 unspecified atom stereocenters. The highest BCUT2D eigenvalue weighted by atomic mass is 15.2. The number of hydrogen-bond acceptors (Lipinski definition) is 4. The highest BCUT2D eigenvalue weighted by Gasteiger charge is 2.17. The molecule has 0 aliphatic carbocycles. The maximum absolute atomic E-state index is 9.13. The van der Waals surface area contributed by atoms with Gasteiger partial charge in [-0.25, -0.2) is 4.98 Å². The third-order valence-electron chi connectivity index (χ3n) is 3.34. The highest BCUT2D eigenvalue weighted by molar-refractivity contribution is 5.53. The van der Waals surface area contributed by atoms with E-state index in [4.69, 9.17) is 5.26 Å². The van der Waals surface area contributed by atoms with Gasteiger partial charge >= 0.3 is 0 Å². The van der Waals surface area contributed by atoms with Crippen LogP contribution in [0.1, 0.15) is 25.3 Å². The van der Waals surface area contributed by atoms with E-state index in [1.54, 1.807) is 6.20 Å². The van der Waals surface area contributed by atoms with Crippen molar-refractivity contribution in [1.82, 2.24) is 9.88 Å². The van der Waals surface area contributed by atoms with Crippen molar-refractivity contribution in [2.24, 2.45) is 0 Å². The Labute approximate surface area is 109 Å². The summed E-state index contributed by atoms with van der Waals surface area (Å²) in [4.78, 5) is 9.11. The van der Waals surface area contributed by atoms with Gasteiger partial charge < -0.3 is 9.80 Å². The average molecular weight is 244 g/mol. The van der Waals surface area contributed by atoms with Crippen LogP contribution in [-0.4, -0.2) is 42.6 Å². The topological polar surface area (TPSA) is 43.2 Å². The molecule has 0 atom stereocenters. The van der Waals surface area contributed by atoms with Gasteiger partial charge in [0.15, 0.2) is 0 Å². The zero-order valence-electron chi connectivity index (χ0n) is 11.0. The molecule has 0 radical (unpaired) electrons. The summed E-state index contributed by atoms with van der Waals surface area (Å²) in [5, 5.41) is 9.13. The van der Waals surface area contributed by atoms with E-state index < -0.39 is 0 Å². The van der Waals surface area contributed by atoms with E-state index in [1.165, 1.54) is 13.0 Å². The first-order valence-electron chi connectivity index (χ1n) is 6.67. The summed E-state index contributed by atoms with van der Waals surface area (Å²) in [6, 6.07) is 5.90. The number of nitriles is 1. The second-order valence-electron chi connectivity index (χ2n) is 4.67. The van der Waals surface area contributed by atoms with E-state index in [0.29, 0.717) is 5.56 Å². The number of anilines is 1. The van der Waals surface area contributed by atoms with E-state index in [0.717, 1.165) is 38.4 Å². The van der Waals surface area contributed by atoms with E-state index in [-0.39, 0.29) is 0 Å². The summed E-state index contributed by atoms with van der Waals surface area (Å²) < 4.78 is 0. The molecule has 1 aliphatic rings. The normalized spacial score (nSPS) is 17.2. The molecular weight excluding hydrogens is 224 g/mol. The van der Waals surface area contributed by atoms with Crippen LogP contribution in [0, 0.1) is 11.3 Å². The zero-order chi connectivity index (χ0) is 12.8. The van der Waals surface area contributed by atoms with Gasteiger partial charge in [0.2, 0.25) is 0 Å². The van der Waals surface area contributed by atoms with Crippen molar-refractivity contribution in [3.8, 4) is 6.07 Å². The smallest absolute Gasteiger partial charge is 0.146 e. The molecule has 0 bridgehead atoms. The van der Waals surface area contributed by atoms with Gasteiger partial charge in [0.25, 0.3) is 0 Å². The second kappa shape index (κ2) is 6.36. The summed E-state index contributed by atoms with van der Waals surface area (Å²) in [7, 11) is 0. The summed E-state index contributed by atoms with van der Waals surface area (Å²) in [5.74, 6) is 0.846. The molecule has 1 fully saturated rings. The van der Waals surface area contributed by atoms with Crippen LogP contribution in [0.15, 0.2) is 18.3 Å². The highest BCUT2D eigenvalue weighted by Crippen LogP contribution is 2.18. The minimum absolute atomic E-state index is 0.682. The van der Waals surface area contributed by atoms with Crippen molar-refractivity contribution in [2.45, 2.75) is 19.8 Å². The second-order valence-corrected chi connectivity index (χ2v) is 4.67. The third-order valence-corrected chi connectivity index (χ3v) is 3.34. The Hall–Kier alpha value is -1.60. The average Bonchev–Trinajstić information content (AvgIpc) is 2.65. The van der Waals surface area contributed by atoms with Gasteiger partial charge in [-0.15, -0.1) is 0 Å². The lowest BCUT2D eigenvalue weighted by Gasteiger charge is -2.23. The lowest BCUT2D eigenvalue weighted by Crippen LogP contribution is -2.32. The maximum Gasteiger partial charge on any atom is 0.146 e. The van der Waals surface area contributed by atoms with Crippen LogP contribution in [0.3, 0.4) is 0 Å². The van der Waals surface area contributed by atoms with Crippen LogP contribution in [0.25, 0.3) is 0 Å². The van der Waals surface area contributed by atoms with Crippen LogP contribution in [0.4, 0.5) is 5.82 Å². The number of nitrogens with zero attached hydrogens (tertiary/aromatic N) is 4. The summed E-state index contributed by atoms with van der Waals surface area (Å²) in [5.41, 5.74) is 0.682. The Bertz CT molecular complexity index is 424. The third kappa shape index (κ3) is 2.99. The van der Waals surface area contributed by atoms with Crippen molar-refractivity contribution in [3.05, 3.63) is 23.9 Å². The van der Waals surface area contributed by atoms with Gasteiger partial charge in [-0.05, 0) is 38.1 Å². The van der Waals surface area contributed by atoms with Crippen LogP contribution >= 0.6 is 0 Å². The van der Waals surface area contributed by atoms with Crippen molar-refractivity contribution >= 4 is 5.82 Å². The molecule has 18 heavy (non-hydrogen) atoms. The number of pyridine rings is 1. The molecule has 4 nitrogen and oxygen atoms in total. The summed E-state index contributed by atoms with van der Waals surface area (Å²) in [6.07, 6.45) is 4.11. The van der Waals surface area contributed by atoms with Crippen LogP contribution in [0.2, 0.25) is 0 Å². The zero-order valence-corrected chi connectivity index (χ0v) is 11.0. The molecule has 1 aromatic rings. The standard InChI is InChI=1S/C14H20N4/c1-2-7-17-8-4-9-18(11-10-17)14-13(12-15)5-3-6-16-14/h3,5-6H,2,4,7-11H2,1H3. The fourth-order valence-electron chi connectivity index (χ4n) is 2.46. The summed E-state index contributed by atoms with van der Waals surface area (Å²) >= 11 is 0. The van der Waals surface area contributed by atoms with Gasteiger partial charge in [-0.2, -0.15) is 5.26 Å². The lowest BCUT2D eigenvalue weighted by atomic mass is 10.2. The Morgan fingerprint density at radius 2 is 2.22 bits per heavy atom. The molecule has 2 heterocycles. The summed E-state index contributed by atoms with van der Waals surface area (Å²) in [6.45, 7) is 7.56. The Kier molecular flexibility index (Phi) is 4.54. The Balaban J connectivity index is 2.08. The molecule has 0 spiro atoms. The number of rotatable bonds is 3. The lowest BCUT2D eigenvalue weighted by molar-refractivity contribution is 0.294. The van der Waals surface area contributed by atoms with Gasteiger partial charge in [-0.1, -0.05) is 6.92 Å². The van der Waals surface area contributed by atoms with Gasteiger partial charge in [0.1, 0.15) is 11.9 Å². The van der Waals surface area contributed by atoms with Gasteiger partial charge in [0.05, 0.1) is 5.56 Å².